The Hall–Kier alpha value is -1.66. The molecule has 0 atom stereocenters. The number of aromatic nitrogens is 1. The minimum Gasteiger partial charge on any atom is -0.494 e. The van der Waals surface area contributed by atoms with E-state index in [4.69, 9.17) is 9.47 Å². The molecule has 110 valence electrons. The highest BCUT2D eigenvalue weighted by Gasteiger charge is 2.33. The van der Waals surface area contributed by atoms with Crippen molar-refractivity contribution in [3.8, 4) is 5.75 Å². The lowest BCUT2D eigenvalue weighted by Gasteiger charge is -2.35. The summed E-state index contributed by atoms with van der Waals surface area (Å²) in [5.74, 6) is 0.243. The number of hydrogen-bond donors (Lipinski definition) is 1. The maximum absolute atomic E-state index is 12.4. The number of hydrogen-bond acceptors (Lipinski definition) is 5. The smallest absolute Gasteiger partial charge is 0.257 e. The summed E-state index contributed by atoms with van der Waals surface area (Å²) in [4.78, 5) is 17.9. The SMILES string of the molecule is COc1cnccc1C(=O)N(C)CC1(O)CCOCC1. The van der Waals surface area contributed by atoms with Crippen LogP contribution in [0.1, 0.15) is 23.2 Å². The van der Waals surface area contributed by atoms with E-state index in [0.717, 1.165) is 0 Å². The molecule has 6 heteroatoms. The van der Waals surface area contributed by atoms with Crippen molar-refractivity contribution in [1.82, 2.24) is 9.88 Å². The van der Waals surface area contributed by atoms with Crippen molar-refractivity contribution >= 4 is 5.91 Å². The Balaban J connectivity index is 2.08. The molecule has 0 bridgehead atoms. The predicted octanol–water partition coefficient (Wildman–Crippen LogP) is 0.704. The van der Waals surface area contributed by atoms with Gasteiger partial charge in [-0.1, -0.05) is 0 Å². The Labute approximate surface area is 118 Å². The van der Waals surface area contributed by atoms with E-state index in [1.807, 2.05) is 0 Å². The van der Waals surface area contributed by atoms with Gasteiger partial charge < -0.3 is 19.5 Å². The molecule has 1 fully saturated rings. The summed E-state index contributed by atoms with van der Waals surface area (Å²) >= 11 is 0. The van der Waals surface area contributed by atoms with Crippen LogP contribution < -0.4 is 4.74 Å². The first-order valence-corrected chi connectivity index (χ1v) is 6.59. The van der Waals surface area contributed by atoms with E-state index < -0.39 is 5.60 Å². The second-order valence-electron chi connectivity index (χ2n) is 5.07. The van der Waals surface area contributed by atoms with Gasteiger partial charge in [0, 0.05) is 45.8 Å². The molecule has 6 nitrogen and oxygen atoms in total. The van der Waals surface area contributed by atoms with Crippen LogP contribution in [0.4, 0.5) is 0 Å². The van der Waals surface area contributed by atoms with Gasteiger partial charge in [-0.2, -0.15) is 0 Å². The molecule has 0 saturated carbocycles. The molecule has 0 aromatic carbocycles. The number of methoxy groups -OCH3 is 1. The van der Waals surface area contributed by atoms with E-state index >= 15 is 0 Å². The summed E-state index contributed by atoms with van der Waals surface area (Å²) in [6.07, 6.45) is 4.13. The summed E-state index contributed by atoms with van der Waals surface area (Å²) in [5, 5.41) is 10.4. The van der Waals surface area contributed by atoms with Gasteiger partial charge in [0.2, 0.25) is 0 Å². The van der Waals surface area contributed by atoms with Crippen LogP contribution in [-0.4, -0.2) is 60.4 Å². The highest BCUT2D eigenvalue weighted by atomic mass is 16.5. The van der Waals surface area contributed by atoms with Gasteiger partial charge in [-0.15, -0.1) is 0 Å². The second-order valence-corrected chi connectivity index (χ2v) is 5.07. The zero-order valence-electron chi connectivity index (χ0n) is 11.8. The molecule has 1 amide bonds. The Morgan fingerprint density at radius 3 is 2.90 bits per heavy atom. The molecule has 1 saturated heterocycles. The molecule has 1 aliphatic heterocycles. The fraction of sp³-hybridized carbons (Fsp3) is 0.571. The van der Waals surface area contributed by atoms with E-state index in [-0.39, 0.29) is 12.5 Å². The van der Waals surface area contributed by atoms with Gasteiger partial charge in [0.25, 0.3) is 5.91 Å². The van der Waals surface area contributed by atoms with Crippen molar-refractivity contribution in [1.29, 1.82) is 0 Å². The average molecular weight is 280 g/mol. The zero-order chi connectivity index (χ0) is 14.6. The topological polar surface area (TPSA) is 71.9 Å². The number of rotatable bonds is 4. The van der Waals surface area contributed by atoms with Crippen LogP contribution in [-0.2, 0) is 4.74 Å². The fourth-order valence-electron chi connectivity index (χ4n) is 2.35. The average Bonchev–Trinajstić information content (AvgIpc) is 2.46. The number of aliphatic hydroxyl groups is 1. The summed E-state index contributed by atoms with van der Waals surface area (Å²) in [6.45, 7) is 1.33. The molecule has 1 aliphatic rings. The van der Waals surface area contributed by atoms with Crippen LogP contribution in [0.3, 0.4) is 0 Å². The quantitative estimate of drug-likeness (QED) is 0.879. The molecule has 0 unspecified atom stereocenters. The fourth-order valence-corrected chi connectivity index (χ4v) is 2.35. The van der Waals surface area contributed by atoms with E-state index in [2.05, 4.69) is 4.98 Å². The van der Waals surface area contributed by atoms with Crippen molar-refractivity contribution in [2.75, 3.05) is 33.9 Å². The van der Waals surface area contributed by atoms with E-state index in [0.29, 0.717) is 37.4 Å². The van der Waals surface area contributed by atoms with Crippen molar-refractivity contribution in [3.05, 3.63) is 24.0 Å². The first-order chi connectivity index (χ1) is 9.56. The monoisotopic (exact) mass is 280 g/mol. The summed E-state index contributed by atoms with van der Waals surface area (Å²) < 4.78 is 10.4. The van der Waals surface area contributed by atoms with E-state index in [1.165, 1.54) is 18.2 Å². The number of amides is 1. The Kier molecular flexibility index (Phi) is 4.57. The molecule has 0 spiro atoms. The molecule has 1 aromatic heterocycles. The third kappa shape index (κ3) is 3.26. The number of pyridine rings is 1. The van der Waals surface area contributed by atoms with Crippen LogP contribution in [0, 0.1) is 0 Å². The summed E-state index contributed by atoms with van der Waals surface area (Å²) in [6, 6.07) is 1.62. The van der Waals surface area contributed by atoms with Gasteiger partial charge in [0.1, 0.15) is 5.75 Å². The summed E-state index contributed by atoms with van der Waals surface area (Å²) in [5.41, 5.74) is -0.427. The predicted molar refractivity (Wildman–Crippen MR) is 72.8 cm³/mol. The zero-order valence-corrected chi connectivity index (χ0v) is 11.8. The first kappa shape index (κ1) is 14.7. The number of ether oxygens (including phenoxy) is 2. The lowest BCUT2D eigenvalue weighted by Crippen LogP contribution is -2.47. The first-order valence-electron chi connectivity index (χ1n) is 6.59. The van der Waals surface area contributed by atoms with Crippen LogP contribution >= 0.6 is 0 Å². The Bertz CT molecular complexity index is 472. The number of carbonyl (C=O) groups excluding carboxylic acids is 1. The third-order valence-electron chi connectivity index (χ3n) is 3.54. The van der Waals surface area contributed by atoms with Crippen molar-refractivity contribution in [2.45, 2.75) is 18.4 Å². The van der Waals surface area contributed by atoms with Crippen LogP contribution in [0.2, 0.25) is 0 Å². The standard InChI is InChI=1S/C14H20N2O4/c1-16(10-14(18)4-7-20-8-5-14)13(17)11-3-6-15-9-12(11)19-2/h3,6,9,18H,4-5,7-8,10H2,1-2H3. The van der Waals surface area contributed by atoms with Crippen LogP contribution in [0.15, 0.2) is 18.5 Å². The molecule has 1 N–H and O–H groups in total. The highest BCUT2D eigenvalue weighted by molar-refractivity contribution is 5.96. The van der Waals surface area contributed by atoms with Crippen LogP contribution in [0.25, 0.3) is 0 Å². The number of nitrogens with zero attached hydrogens (tertiary/aromatic N) is 2. The molecular weight excluding hydrogens is 260 g/mol. The lowest BCUT2D eigenvalue weighted by atomic mass is 9.94. The van der Waals surface area contributed by atoms with Gasteiger partial charge in [-0.25, -0.2) is 0 Å². The molecule has 1 aromatic rings. The number of carbonyl (C=O) groups is 1. The Morgan fingerprint density at radius 2 is 2.25 bits per heavy atom. The van der Waals surface area contributed by atoms with Crippen molar-refractivity contribution in [2.24, 2.45) is 0 Å². The van der Waals surface area contributed by atoms with Gasteiger partial charge in [-0.3, -0.25) is 9.78 Å². The van der Waals surface area contributed by atoms with Crippen molar-refractivity contribution in [3.63, 3.8) is 0 Å². The van der Waals surface area contributed by atoms with Gasteiger partial charge in [0.05, 0.1) is 24.5 Å². The van der Waals surface area contributed by atoms with E-state index in [9.17, 15) is 9.90 Å². The molecule has 0 radical (unpaired) electrons. The number of likely N-dealkylation sites (N-methyl/N-ethyl adjacent to an activating group) is 1. The Morgan fingerprint density at radius 1 is 1.55 bits per heavy atom. The highest BCUT2D eigenvalue weighted by Crippen LogP contribution is 2.23. The maximum Gasteiger partial charge on any atom is 0.257 e. The van der Waals surface area contributed by atoms with Gasteiger partial charge in [0.15, 0.2) is 0 Å². The molecule has 2 rings (SSSR count). The minimum absolute atomic E-state index is 0.191. The normalized spacial score (nSPS) is 17.6. The third-order valence-corrected chi connectivity index (χ3v) is 3.54. The van der Waals surface area contributed by atoms with E-state index in [1.54, 1.807) is 19.3 Å². The molecule has 20 heavy (non-hydrogen) atoms. The van der Waals surface area contributed by atoms with Gasteiger partial charge >= 0.3 is 0 Å². The summed E-state index contributed by atoms with van der Waals surface area (Å²) in [7, 11) is 3.18. The minimum atomic E-state index is -0.872. The largest absolute Gasteiger partial charge is 0.494 e. The molecular formula is C14H20N2O4. The lowest BCUT2D eigenvalue weighted by molar-refractivity contribution is -0.0734. The van der Waals surface area contributed by atoms with Gasteiger partial charge in [-0.05, 0) is 6.07 Å². The van der Waals surface area contributed by atoms with Crippen molar-refractivity contribution < 1.29 is 19.4 Å². The maximum atomic E-state index is 12.4. The molecule has 2 heterocycles. The molecule has 0 aliphatic carbocycles. The van der Waals surface area contributed by atoms with Crippen LogP contribution in [0.5, 0.6) is 5.75 Å². The second kappa shape index (κ2) is 6.19.